The van der Waals surface area contributed by atoms with Crippen molar-refractivity contribution in [1.82, 2.24) is 0 Å². The van der Waals surface area contributed by atoms with E-state index in [1.807, 2.05) is 12.1 Å². The second kappa shape index (κ2) is 8.88. The van der Waals surface area contributed by atoms with Gasteiger partial charge in [-0.25, -0.2) is 4.79 Å². The maximum atomic E-state index is 12.0. The Balaban J connectivity index is 1.44. The van der Waals surface area contributed by atoms with Crippen LogP contribution in [0.4, 0.5) is 5.69 Å². The molecule has 25 heavy (non-hydrogen) atoms. The Hall–Kier alpha value is -2.04. The third-order valence-corrected chi connectivity index (χ3v) is 4.93. The molecule has 5 nitrogen and oxygen atoms in total. The number of hydrogen-bond acceptors (Lipinski definition) is 4. The van der Waals surface area contributed by atoms with Crippen molar-refractivity contribution in [3.05, 3.63) is 24.3 Å². The lowest BCUT2D eigenvalue weighted by Crippen LogP contribution is -2.24. The number of carbonyl (C=O) groups excluding carboxylic acids is 2. The number of ether oxygens (including phenoxy) is 2. The Kier molecular flexibility index (Phi) is 6.31. The van der Waals surface area contributed by atoms with Crippen LogP contribution in [0.1, 0.15) is 57.8 Å². The van der Waals surface area contributed by atoms with E-state index in [-0.39, 0.29) is 24.6 Å². The number of esters is 1. The molecule has 0 bridgehead atoms. The maximum Gasteiger partial charge on any atom is 0.344 e. The van der Waals surface area contributed by atoms with Gasteiger partial charge in [-0.05, 0) is 56.4 Å². The summed E-state index contributed by atoms with van der Waals surface area (Å²) >= 11 is 0. The molecule has 0 N–H and O–H groups in total. The molecule has 3 rings (SSSR count). The first-order valence-electron chi connectivity index (χ1n) is 9.45. The predicted molar refractivity (Wildman–Crippen MR) is 95.7 cm³/mol. The number of benzene rings is 1. The second-order valence-electron chi connectivity index (χ2n) is 6.89. The molecular weight excluding hydrogens is 318 g/mol. The normalized spacial score (nSPS) is 19.4. The summed E-state index contributed by atoms with van der Waals surface area (Å²) in [6, 6.07) is 7.31. The van der Waals surface area contributed by atoms with E-state index in [1.54, 1.807) is 17.0 Å². The maximum absolute atomic E-state index is 12.0. The number of nitrogens with zero attached hydrogens (tertiary/aromatic N) is 1. The third-order valence-electron chi connectivity index (χ3n) is 4.93. The van der Waals surface area contributed by atoms with E-state index >= 15 is 0 Å². The second-order valence-corrected chi connectivity index (χ2v) is 6.89. The summed E-state index contributed by atoms with van der Waals surface area (Å²) in [5.74, 6) is 0.478. The fraction of sp³-hybridized carbons (Fsp3) is 0.600. The lowest BCUT2D eigenvalue weighted by Gasteiger charge is -2.20. The van der Waals surface area contributed by atoms with Crippen molar-refractivity contribution < 1.29 is 19.1 Å². The molecule has 136 valence electrons. The summed E-state index contributed by atoms with van der Waals surface area (Å²) in [4.78, 5) is 25.5. The largest absolute Gasteiger partial charge is 0.482 e. The Morgan fingerprint density at radius 2 is 1.68 bits per heavy atom. The Morgan fingerprint density at radius 3 is 2.32 bits per heavy atom. The van der Waals surface area contributed by atoms with Gasteiger partial charge in [0, 0.05) is 18.7 Å². The first-order valence-corrected chi connectivity index (χ1v) is 9.45. The smallest absolute Gasteiger partial charge is 0.344 e. The minimum absolute atomic E-state index is 0.0416. The molecule has 0 unspecified atom stereocenters. The van der Waals surface area contributed by atoms with Crippen molar-refractivity contribution in [1.29, 1.82) is 0 Å². The zero-order chi connectivity index (χ0) is 17.5. The van der Waals surface area contributed by atoms with Crippen LogP contribution in [0.25, 0.3) is 0 Å². The first-order chi connectivity index (χ1) is 12.2. The zero-order valence-electron chi connectivity index (χ0n) is 14.7. The molecule has 1 heterocycles. The first kappa shape index (κ1) is 17.8. The standard InChI is InChI=1S/C20H27NO4/c22-19-9-6-14-21(19)16-10-12-17(13-11-16)24-15-20(23)25-18-7-4-2-1-3-5-8-18/h10-13,18H,1-9,14-15H2. The molecule has 1 aliphatic carbocycles. The molecule has 2 aliphatic rings. The molecule has 0 atom stereocenters. The highest BCUT2D eigenvalue weighted by Crippen LogP contribution is 2.24. The number of hydrogen-bond donors (Lipinski definition) is 0. The molecule has 1 amide bonds. The van der Waals surface area contributed by atoms with Gasteiger partial charge in [-0.15, -0.1) is 0 Å². The molecule has 5 heteroatoms. The van der Waals surface area contributed by atoms with Gasteiger partial charge >= 0.3 is 5.97 Å². The fourth-order valence-electron chi connectivity index (χ4n) is 3.54. The van der Waals surface area contributed by atoms with Gasteiger partial charge in [0.05, 0.1) is 0 Å². The highest BCUT2D eigenvalue weighted by molar-refractivity contribution is 5.95. The van der Waals surface area contributed by atoms with E-state index in [0.717, 1.165) is 44.3 Å². The zero-order valence-corrected chi connectivity index (χ0v) is 14.7. The van der Waals surface area contributed by atoms with Crippen LogP contribution in [-0.2, 0) is 14.3 Å². The lowest BCUT2D eigenvalue weighted by molar-refractivity contribution is -0.152. The van der Waals surface area contributed by atoms with Crippen molar-refractivity contribution in [3.63, 3.8) is 0 Å². The van der Waals surface area contributed by atoms with Gasteiger partial charge in [0.1, 0.15) is 11.9 Å². The molecule has 1 aliphatic heterocycles. The van der Waals surface area contributed by atoms with E-state index in [1.165, 1.54) is 19.3 Å². The fourth-order valence-corrected chi connectivity index (χ4v) is 3.54. The number of rotatable bonds is 5. The Morgan fingerprint density at radius 1 is 1.00 bits per heavy atom. The molecular formula is C20H27NO4. The van der Waals surface area contributed by atoms with Crippen LogP contribution in [0.5, 0.6) is 5.75 Å². The van der Waals surface area contributed by atoms with Crippen molar-refractivity contribution in [3.8, 4) is 5.75 Å². The number of amides is 1. The minimum Gasteiger partial charge on any atom is -0.482 e. The summed E-state index contributed by atoms with van der Waals surface area (Å²) in [5.41, 5.74) is 0.881. The molecule has 1 aromatic rings. The monoisotopic (exact) mass is 345 g/mol. The Labute approximate surface area is 149 Å². The van der Waals surface area contributed by atoms with Gasteiger partial charge in [0.25, 0.3) is 0 Å². The average Bonchev–Trinajstić information content (AvgIpc) is 3.02. The number of carbonyl (C=O) groups is 2. The predicted octanol–water partition coefficient (Wildman–Crippen LogP) is 3.85. The molecule has 0 aromatic heterocycles. The molecule has 1 aromatic carbocycles. The lowest BCUT2D eigenvalue weighted by atomic mass is 9.99. The van der Waals surface area contributed by atoms with E-state index in [9.17, 15) is 9.59 Å². The molecule has 1 saturated carbocycles. The van der Waals surface area contributed by atoms with Crippen molar-refractivity contribution in [2.75, 3.05) is 18.1 Å². The van der Waals surface area contributed by atoms with Gasteiger partial charge in [-0.2, -0.15) is 0 Å². The van der Waals surface area contributed by atoms with Crippen molar-refractivity contribution in [2.45, 2.75) is 63.9 Å². The van der Waals surface area contributed by atoms with Gasteiger partial charge in [-0.3, -0.25) is 4.79 Å². The summed E-state index contributed by atoms with van der Waals surface area (Å²) in [6.45, 7) is 0.700. The van der Waals surface area contributed by atoms with E-state index in [4.69, 9.17) is 9.47 Å². The van der Waals surface area contributed by atoms with Gasteiger partial charge in [0.15, 0.2) is 6.61 Å². The summed E-state index contributed by atoms with van der Waals surface area (Å²) in [6.07, 6.45) is 9.52. The van der Waals surface area contributed by atoms with Gasteiger partial charge in [-0.1, -0.05) is 19.3 Å². The molecule has 0 radical (unpaired) electrons. The van der Waals surface area contributed by atoms with Crippen molar-refractivity contribution in [2.24, 2.45) is 0 Å². The van der Waals surface area contributed by atoms with Crippen LogP contribution in [0.15, 0.2) is 24.3 Å². The summed E-state index contributed by atoms with van der Waals surface area (Å²) in [7, 11) is 0. The summed E-state index contributed by atoms with van der Waals surface area (Å²) in [5, 5.41) is 0. The summed E-state index contributed by atoms with van der Waals surface area (Å²) < 4.78 is 11.1. The van der Waals surface area contributed by atoms with E-state index < -0.39 is 0 Å². The SMILES string of the molecule is O=C(COc1ccc(N2CCCC2=O)cc1)OC1CCCCCCC1. The number of anilines is 1. The van der Waals surface area contributed by atoms with Gasteiger partial charge < -0.3 is 14.4 Å². The van der Waals surface area contributed by atoms with Crippen LogP contribution < -0.4 is 9.64 Å². The van der Waals surface area contributed by atoms with Gasteiger partial charge in [0.2, 0.25) is 5.91 Å². The van der Waals surface area contributed by atoms with Crippen molar-refractivity contribution >= 4 is 17.6 Å². The van der Waals surface area contributed by atoms with Crippen LogP contribution in [0.3, 0.4) is 0 Å². The van der Waals surface area contributed by atoms with E-state index in [2.05, 4.69) is 0 Å². The third kappa shape index (κ3) is 5.21. The molecule has 0 spiro atoms. The topological polar surface area (TPSA) is 55.8 Å². The quantitative estimate of drug-likeness (QED) is 0.761. The van der Waals surface area contributed by atoms with Crippen LogP contribution in [0.2, 0.25) is 0 Å². The van der Waals surface area contributed by atoms with E-state index in [0.29, 0.717) is 12.2 Å². The highest BCUT2D eigenvalue weighted by atomic mass is 16.6. The van der Waals surface area contributed by atoms with Crippen LogP contribution >= 0.6 is 0 Å². The highest BCUT2D eigenvalue weighted by Gasteiger charge is 2.21. The average molecular weight is 345 g/mol. The van der Waals surface area contributed by atoms with Crippen LogP contribution in [-0.4, -0.2) is 31.1 Å². The molecule has 1 saturated heterocycles. The minimum atomic E-state index is -0.302. The Bertz CT molecular complexity index is 576. The molecule has 2 fully saturated rings. The van der Waals surface area contributed by atoms with Crippen LogP contribution in [0, 0.1) is 0 Å².